The number of nitrogens with one attached hydrogen (secondary N) is 2. The molecule has 0 spiro atoms. The first kappa shape index (κ1) is 14.8. The summed E-state index contributed by atoms with van der Waals surface area (Å²) in [5, 5.41) is 2.89. The van der Waals surface area contributed by atoms with Crippen molar-refractivity contribution in [2.24, 2.45) is 0 Å². The number of imidazole rings is 1. The van der Waals surface area contributed by atoms with Gasteiger partial charge in [0.1, 0.15) is 18.2 Å². The van der Waals surface area contributed by atoms with Gasteiger partial charge in [-0.2, -0.15) is 0 Å². The van der Waals surface area contributed by atoms with Crippen molar-refractivity contribution in [1.82, 2.24) is 15.3 Å². The first-order valence-corrected chi connectivity index (χ1v) is 6.90. The number of hydrogen-bond donors (Lipinski definition) is 2. The second-order valence-corrected chi connectivity index (χ2v) is 4.49. The molecule has 0 saturated heterocycles. The molecule has 1 amide bonds. The van der Waals surface area contributed by atoms with Crippen molar-refractivity contribution in [2.75, 3.05) is 13.2 Å². The molecule has 5 nitrogen and oxygen atoms in total. The third kappa shape index (κ3) is 4.49. The summed E-state index contributed by atoms with van der Waals surface area (Å²) in [4.78, 5) is 19.3. The quantitative estimate of drug-likeness (QED) is 0.578. The van der Waals surface area contributed by atoms with Crippen molar-refractivity contribution in [3.63, 3.8) is 0 Å². The lowest BCUT2D eigenvalue weighted by Crippen LogP contribution is -2.25. The molecule has 0 aliphatic carbocycles. The molecule has 0 aliphatic rings. The maximum absolute atomic E-state index is 12.1. The summed E-state index contributed by atoms with van der Waals surface area (Å²) in [5.41, 5.74) is 0.539. The van der Waals surface area contributed by atoms with Crippen LogP contribution in [0.3, 0.4) is 0 Å². The summed E-state index contributed by atoms with van der Waals surface area (Å²) in [6.07, 6.45) is 6.80. The zero-order valence-electron chi connectivity index (χ0n) is 11.8. The standard InChI is InChI=1S/C16H19N3O2/c1-2-12-21-14-7-4-3-6-13(14)16(20)19-9-5-8-15-17-10-11-18-15/h2-4,6-7,10-11H,1,5,8-9,12H2,(H,17,18)(H,19,20). The highest BCUT2D eigenvalue weighted by Gasteiger charge is 2.11. The Morgan fingerprint density at radius 1 is 1.43 bits per heavy atom. The molecule has 1 aromatic heterocycles. The van der Waals surface area contributed by atoms with E-state index in [4.69, 9.17) is 4.74 Å². The average Bonchev–Trinajstić information content (AvgIpc) is 3.03. The van der Waals surface area contributed by atoms with E-state index in [0.717, 1.165) is 18.7 Å². The highest BCUT2D eigenvalue weighted by molar-refractivity contribution is 5.96. The number of rotatable bonds is 8. The Labute approximate surface area is 124 Å². The molecule has 0 unspecified atom stereocenters. The van der Waals surface area contributed by atoms with Crippen molar-refractivity contribution >= 4 is 5.91 Å². The zero-order valence-corrected chi connectivity index (χ0v) is 11.8. The number of nitrogens with zero attached hydrogens (tertiary/aromatic N) is 1. The van der Waals surface area contributed by atoms with Crippen LogP contribution in [0.5, 0.6) is 5.75 Å². The molecule has 2 rings (SSSR count). The van der Waals surface area contributed by atoms with Crippen molar-refractivity contribution in [1.29, 1.82) is 0 Å². The number of aryl methyl sites for hydroxylation is 1. The van der Waals surface area contributed by atoms with Gasteiger partial charge < -0.3 is 15.0 Å². The fraction of sp³-hybridized carbons (Fsp3) is 0.250. The summed E-state index contributed by atoms with van der Waals surface area (Å²) in [6, 6.07) is 7.19. The van der Waals surface area contributed by atoms with Crippen molar-refractivity contribution in [3.8, 4) is 5.75 Å². The fourth-order valence-corrected chi connectivity index (χ4v) is 1.92. The Morgan fingerprint density at radius 2 is 2.29 bits per heavy atom. The third-order valence-corrected chi connectivity index (χ3v) is 2.92. The minimum absolute atomic E-state index is 0.130. The number of H-pyrrole nitrogens is 1. The predicted octanol–water partition coefficient (Wildman–Crippen LogP) is 2.34. The predicted molar refractivity (Wildman–Crippen MR) is 81.4 cm³/mol. The van der Waals surface area contributed by atoms with Crippen molar-refractivity contribution < 1.29 is 9.53 Å². The number of aromatic amines is 1. The monoisotopic (exact) mass is 285 g/mol. The molecule has 1 aromatic carbocycles. The topological polar surface area (TPSA) is 67.0 Å². The average molecular weight is 285 g/mol. The number of carbonyl (C=O) groups excluding carboxylic acids is 1. The largest absolute Gasteiger partial charge is 0.489 e. The van der Waals surface area contributed by atoms with E-state index in [1.165, 1.54) is 0 Å². The van der Waals surface area contributed by atoms with Crippen LogP contribution in [-0.4, -0.2) is 29.0 Å². The molecule has 0 fully saturated rings. The lowest BCUT2D eigenvalue weighted by Gasteiger charge is -2.10. The smallest absolute Gasteiger partial charge is 0.255 e. The Morgan fingerprint density at radius 3 is 3.05 bits per heavy atom. The molecule has 0 saturated carbocycles. The number of benzene rings is 1. The van der Waals surface area contributed by atoms with Gasteiger partial charge in [-0.15, -0.1) is 0 Å². The highest BCUT2D eigenvalue weighted by Crippen LogP contribution is 2.17. The van der Waals surface area contributed by atoms with E-state index < -0.39 is 0 Å². The van der Waals surface area contributed by atoms with Gasteiger partial charge in [-0.3, -0.25) is 4.79 Å². The van der Waals surface area contributed by atoms with Gasteiger partial charge in [0.05, 0.1) is 5.56 Å². The molecule has 2 aromatic rings. The van der Waals surface area contributed by atoms with Crippen LogP contribution >= 0.6 is 0 Å². The SMILES string of the molecule is C=CCOc1ccccc1C(=O)NCCCc1ncc[nH]1. The Kier molecular flexibility index (Phi) is 5.58. The van der Waals surface area contributed by atoms with Gasteiger partial charge in [-0.25, -0.2) is 4.98 Å². The van der Waals surface area contributed by atoms with E-state index in [1.807, 2.05) is 12.1 Å². The lowest BCUT2D eigenvalue weighted by molar-refractivity contribution is 0.0949. The van der Waals surface area contributed by atoms with Crippen molar-refractivity contribution in [2.45, 2.75) is 12.8 Å². The van der Waals surface area contributed by atoms with E-state index in [1.54, 1.807) is 30.6 Å². The second kappa shape index (κ2) is 7.89. The molecule has 0 aliphatic heterocycles. The van der Waals surface area contributed by atoms with E-state index >= 15 is 0 Å². The molecule has 21 heavy (non-hydrogen) atoms. The molecule has 2 N–H and O–H groups in total. The van der Waals surface area contributed by atoms with Crippen LogP contribution in [0, 0.1) is 0 Å². The first-order chi connectivity index (χ1) is 10.3. The summed E-state index contributed by atoms with van der Waals surface area (Å²) in [5.74, 6) is 1.37. The van der Waals surface area contributed by atoms with Crippen LogP contribution in [-0.2, 0) is 6.42 Å². The summed E-state index contributed by atoms with van der Waals surface area (Å²) >= 11 is 0. The van der Waals surface area contributed by atoms with Crippen LogP contribution in [0.1, 0.15) is 22.6 Å². The van der Waals surface area contributed by atoms with Crippen LogP contribution in [0.4, 0.5) is 0 Å². The van der Waals surface area contributed by atoms with Crippen LogP contribution in [0.15, 0.2) is 49.3 Å². The maximum Gasteiger partial charge on any atom is 0.255 e. The summed E-state index contributed by atoms with van der Waals surface area (Å²) in [6.45, 7) is 4.57. The summed E-state index contributed by atoms with van der Waals surface area (Å²) in [7, 11) is 0. The highest BCUT2D eigenvalue weighted by atomic mass is 16.5. The zero-order chi connectivity index (χ0) is 14.9. The van der Waals surface area contributed by atoms with E-state index in [9.17, 15) is 4.79 Å². The van der Waals surface area contributed by atoms with Crippen molar-refractivity contribution in [3.05, 3.63) is 60.7 Å². The molecule has 1 heterocycles. The molecule has 5 heteroatoms. The minimum atomic E-state index is -0.130. The van der Waals surface area contributed by atoms with Gasteiger partial charge in [0.15, 0.2) is 0 Å². The summed E-state index contributed by atoms with van der Waals surface area (Å²) < 4.78 is 5.48. The molecule has 110 valence electrons. The number of carbonyl (C=O) groups is 1. The minimum Gasteiger partial charge on any atom is -0.489 e. The first-order valence-electron chi connectivity index (χ1n) is 6.90. The molecular weight excluding hydrogens is 266 g/mol. The normalized spacial score (nSPS) is 10.1. The lowest BCUT2D eigenvalue weighted by atomic mass is 10.2. The number of aromatic nitrogens is 2. The maximum atomic E-state index is 12.1. The van der Waals surface area contributed by atoms with Crippen LogP contribution < -0.4 is 10.1 Å². The third-order valence-electron chi connectivity index (χ3n) is 2.92. The van der Waals surface area contributed by atoms with Gasteiger partial charge in [0.2, 0.25) is 0 Å². The Bertz CT molecular complexity index is 579. The molecule has 0 bridgehead atoms. The number of amides is 1. The van der Waals surface area contributed by atoms with Gasteiger partial charge in [-0.05, 0) is 18.6 Å². The second-order valence-electron chi connectivity index (χ2n) is 4.49. The van der Waals surface area contributed by atoms with E-state index in [2.05, 4.69) is 21.9 Å². The van der Waals surface area contributed by atoms with E-state index in [0.29, 0.717) is 24.5 Å². The number of hydrogen-bond acceptors (Lipinski definition) is 3. The van der Waals surface area contributed by atoms with Gasteiger partial charge in [0, 0.05) is 25.4 Å². The number of para-hydroxylation sites is 1. The van der Waals surface area contributed by atoms with Gasteiger partial charge in [0.25, 0.3) is 5.91 Å². The van der Waals surface area contributed by atoms with E-state index in [-0.39, 0.29) is 5.91 Å². The molecule has 0 radical (unpaired) electrons. The van der Waals surface area contributed by atoms with Crippen LogP contribution in [0.25, 0.3) is 0 Å². The Balaban J connectivity index is 1.83. The molecular formula is C16H19N3O2. The van der Waals surface area contributed by atoms with Gasteiger partial charge >= 0.3 is 0 Å². The van der Waals surface area contributed by atoms with Crippen LogP contribution in [0.2, 0.25) is 0 Å². The Hall–Kier alpha value is -2.56. The molecule has 0 atom stereocenters. The fourth-order valence-electron chi connectivity index (χ4n) is 1.92. The number of ether oxygens (including phenoxy) is 1. The van der Waals surface area contributed by atoms with Gasteiger partial charge in [-0.1, -0.05) is 24.8 Å².